The van der Waals surface area contributed by atoms with Crippen LogP contribution in [0.2, 0.25) is 0 Å². The Morgan fingerprint density at radius 1 is 1.44 bits per heavy atom. The van der Waals surface area contributed by atoms with Crippen LogP contribution in [0, 0.1) is 24.2 Å². The quantitative estimate of drug-likeness (QED) is 0.820. The highest BCUT2D eigenvalue weighted by Crippen LogP contribution is 2.33. The number of carbonyl (C=O) groups excluding carboxylic acids is 1. The second kappa shape index (κ2) is 8.35. The third-order valence-electron chi connectivity index (χ3n) is 4.24. The minimum absolute atomic E-state index is 0.0432. The van der Waals surface area contributed by atoms with Gasteiger partial charge in [0.1, 0.15) is 12.2 Å². The minimum Gasteiger partial charge on any atom is -0.444 e. The molecule has 25 heavy (non-hydrogen) atoms. The van der Waals surface area contributed by atoms with Gasteiger partial charge in [-0.15, -0.1) is 0 Å². The minimum atomic E-state index is -0.503. The largest absolute Gasteiger partial charge is 0.444 e. The number of ether oxygens (including phenoxy) is 2. The highest BCUT2D eigenvalue weighted by Gasteiger charge is 2.33. The van der Waals surface area contributed by atoms with Crippen molar-refractivity contribution in [1.82, 2.24) is 4.90 Å². The van der Waals surface area contributed by atoms with Gasteiger partial charge in [-0.3, -0.25) is 0 Å². The van der Waals surface area contributed by atoms with Gasteiger partial charge in [-0.25, -0.2) is 4.79 Å². The standard InChI is InChI=1S/C20H28N2O3/c1-15-7-5-8-16(13-15)18(24-12-10-21)17-9-6-11-22(14-17)19(23)25-20(2,3)4/h5,7-8,13,17-18H,6,9,11-12,14H2,1-4H3/t17-,18+/m1/s1. The average Bonchev–Trinajstić information content (AvgIpc) is 2.54. The van der Waals surface area contributed by atoms with E-state index in [-0.39, 0.29) is 24.7 Å². The lowest BCUT2D eigenvalue weighted by Crippen LogP contribution is -2.44. The van der Waals surface area contributed by atoms with Crippen molar-refractivity contribution in [3.63, 3.8) is 0 Å². The molecule has 1 aliphatic heterocycles. The molecule has 0 bridgehead atoms. The first-order valence-electron chi connectivity index (χ1n) is 8.83. The van der Waals surface area contributed by atoms with Crippen LogP contribution in [0.3, 0.4) is 0 Å². The van der Waals surface area contributed by atoms with Gasteiger partial charge in [0, 0.05) is 19.0 Å². The van der Waals surface area contributed by atoms with E-state index >= 15 is 0 Å². The molecule has 2 atom stereocenters. The van der Waals surface area contributed by atoms with Crippen molar-refractivity contribution in [3.8, 4) is 6.07 Å². The Bertz CT molecular complexity index is 631. The number of hydrogen-bond donors (Lipinski definition) is 0. The molecule has 5 nitrogen and oxygen atoms in total. The summed E-state index contributed by atoms with van der Waals surface area (Å²) in [6.07, 6.45) is 1.40. The molecule has 0 saturated carbocycles. The van der Waals surface area contributed by atoms with E-state index in [2.05, 4.69) is 12.1 Å². The van der Waals surface area contributed by atoms with E-state index in [1.807, 2.05) is 45.9 Å². The maximum absolute atomic E-state index is 12.4. The Hall–Kier alpha value is -2.06. The number of carbonyl (C=O) groups is 1. The van der Waals surface area contributed by atoms with Gasteiger partial charge in [0.15, 0.2) is 0 Å². The third kappa shape index (κ3) is 5.75. The summed E-state index contributed by atoms with van der Waals surface area (Å²) in [4.78, 5) is 14.2. The summed E-state index contributed by atoms with van der Waals surface area (Å²) in [5.74, 6) is 0.149. The van der Waals surface area contributed by atoms with Gasteiger partial charge >= 0.3 is 6.09 Å². The van der Waals surface area contributed by atoms with E-state index in [0.29, 0.717) is 13.1 Å². The Morgan fingerprint density at radius 2 is 2.20 bits per heavy atom. The molecule has 1 aliphatic rings. The van der Waals surface area contributed by atoms with E-state index < -0.39 is 5.60 Å². The predicted molar refractivity (Wildman–Crippen MR) is 96.0 cm³/mol. The molecule has 1 amide bonds. The van der Waals surface area contributed by atoms with E-state index in [1.165, 1.54) is 0 Å². The lowest BCUT2D eigenvalue weighted by Gasteiger charge is -2.37. The van der Waals surface area contributed by atoms with E-state index in [1.54, 1.807) is 4.90 Å². The van der Waals surface area contributed by atoms with Gasteiger partial charge in [-0.1, -0.05) is 29.8 Å². The van der Waals surface area contributed by atoms with Gasteiger partial charge in [0.2, 0.25) is 0 Å². The van der Waals surface area contributed by atoms with Crippen molar-refractivity contribution < 1.29 is 14.3 Å². The highest BCUT2D eigenvalue weighted by atomic mass is 16.6. The fourth-order valence-corrected chi connectivity index (χ4v) is 3.23. The molecule has 0 aliphatic carbocycles. The normalized spacial score (nSPS) is 19.2. The summed E-state index contributed by atoms with van der Waals surface area (Å²) in [7, 11) is 0. The molecule has 0 N–H and O–H groups in total. The Labute approximate surface area is 150 Å². The number of nitrogens with zero attached hydrogens (tertiary/aromatic N) is 2. The van der Waals surface area contributed by atoms with Crippen LogP contribution in [0.5, 0.6) is 0 Å². The summed E-state index contributed by atoms with van der Waals surface area (Å²) in [5, 5.41) is 8.92. The predicted octanol–water partition coefficient (Wildman–Crippen LogP) is 4.22. The number of nitriles is 1. The molecular weight excluding hydrogens is 316 g/mol. The topological polar surface area (TPSA) is 62.6 Å². The van der Waals surface area contributed by atoms with Crippen LogP contribution in [0.15, 0.2) is 24.3 Å². The smallest absolute Gasteiger partial charge is 0.410 e. The van der Waals surface area contributed by atoms with Crippen molar-refractivity contribution in [2.75, 3.05) is 19.7 Å². The molecule has 2 rings (SSSR count). The summed E-state index contributed by atoms with van der Waals surface area (Å²) < 4.78 is 11.4. The van der Waals surface area contributed by atoms with Crippen LogP contribution < -0.4 is 0 Å². The van der Waals surface area contributed by atoms with Crippen molar-refractivity contribution >= 4 is 6.09 Å². The number of hydrogen-bond acceptors (Lipinski definition) is 4. The molecule has 136 valence electrons. The third-order valence-corrected chi connectivity index (χ3v) is 4.24. The maximum atomic E-state index is 12.4. The highest BCUT2D eigenvalue weighted by molar-refractivity contribution is 5.68. The van der Waals surface area contributed by atoms with Crippen LogP contribution >= 0.6 is 0 Å². The lowest BCUT2D eigenvalue weighted by atomic mass is 9.88. The molecular formula is C20H28N2O3. The van der Waals surface area contributed by atoms with Crippen LogP contribution in [0.1, 0.15) is 50.8 Å². The fourth-order valence-electron chi connectivity index (χ4n) is 3.23. The molecule has 0 radical (unpaired) electrons. The number of likely N-dealkylation sites (tertiary alicyclic amines) is 1. The first-order valence-corrected chi connectivity index (χ1v) is 8.83. The maximum Gasteiger partial charge on any atom is 0.410 e. The first kappa shape index (κ1) is 19.3. The van der Waals surface area contributed by atoms with Gasteiger partial charge in [0.05, 0.1) is 12.2 Å². The van der Waals surface area contributed by atoms with Crippen molar-refractivity contribution in [1.29, 1.82) is 5.26 Å². The monoisotopic (exact) mass is 344 g/mol. The molecule has 1 fully saturated rings. The molecule has 0 spiro atoms. The van der Waals surface area contributed by atoms with Crippen LogP contribution in [-0.4, -0.2) is 36.3 Å². The van der Waals surface area contributed by atoms with Crippen molar-refractivity contribution in [3.05, 3.63) is 35.4 Å². The fraction of sp³-hybridized carbons (Fsp3) is 0.600. The van der Waals surface area contributed by atoms with Crippen LogP contribution in [0.4, 0.5) is 4.79 Å². The lowest BCUT2D eigenvalue weighted by molar-refractivity contribution is -0.0165. The van der Waals surface area contributed by atoms with Gasteiger partial charge in [-0.05, 0) is 46.1 Å². The van der Waals surface area contributed by atoms with E-state index in [4.69, 9.17) is 14.7 Å². The molecule has 5 heteroatoms. The summed E-state index contributed by atoms with van der Waals surface area (Å²) in [6, 6.07) is 10.2. The molecule has 0 aromatic heterocycles. The molecule has 1 heterocycles. The summed E-state index contributed by atoms with van der Waals surface area (Å²) >= 11 is 0. The molecule has 1 saturated heterocycles. The number of aryl methyl sites for hydroxylation is 1. The first-order chi connectivity index (χ1) is 11.8. The SMILES string of the molecule is Cc1cccc([C@H](OCC#N)[C@@H]2CCCN(C(=O)OC(C)(C)C)C2)c1. The number of rotatable bonds is 4. The van der Waals surface area contributed by atoms with Gasteiger partial charge in [0.25, 0.3) is 0 Å². The number of piperidine rings is 1. The summed E-state index contributed by atoms with van der Waals surface area (Å²) in [6.45, 7) is 8.98. The summed E-state index contributed by atoms with van der Waals surface area (Å²) in [5.41, 5.74) is 1.71. The Balaban J connectivity index is 2.14. The van der Waals surface area contributed by atoms with Gasteiger partial charge < -0.3 is 14.4 Å². The zero-order chi connectivity index (χ0) is 18.4. The average molecular weight is 344 g/mol. The zero-order valence-electron chi connectivity index (χ0n) is 15.6. The molecule has 1 aromatic rings. The Morgan fingerprint density at radius 3 is 2.84 bits per heavy atom. The molecule has 1 aromatic carbocycles. The Kier molecular flexibility index (Phi) is 6.44. The van der Waals surface area contributed by atoms with Crippen molar-refractivity contribution in [2.24, 2.45) is 5.92 Å². The zero-order valence-corrected chi connectivity index (χ0v) is 15.6. The van der Waals surface area contributed by atoms with Crippen LogP contribution in [-0.2, 0) is 9.47 Å². The second-order valence-electron chi connectivity index (χ2n) is 7.63. The molecule has 0 unspecified atom stereocenters. The number of amides is 1. The van der Waals surface area contributed by atoms with E-state index in [9.17, 15) is 4.79 Å². The van der Waals surface area contributed by atoms with Crippen molar-refractivity contribution in [2.45, 2.75) is 52.2 Å². The van der Waals surface area contributed by atoms with Gasteiger partial charge in [-0.2, -0.15) is 5.26 Å². The van der Waals surface area contributed by atoms with E-state index in [0.717, 1.165) is 24.0 Å². The number of benzene rings is 1. The van der Waals surface area contributed by atoms with Crippen LogP contribution in [0.25, 0.3) is 0 Å². The second-order valence-corrected chi connectivity index (χ2v) is 7.63.